The molecule has 0 spiro atoms. The van der Waals surface area contributed by atoms with Gasteiger partial charge in [-0.3, -0.25) is 14.6 Å². The topological polar surface area (TPSA) is 71.1 Å². The monoisotopic (exact) mass is 321 g/mol. The Hall–Kier alpha value is -2.47. The second-order valence-electron chi connectivity index (χ2n) is 4.41. The number of benzene rings is 1. The number of anilines is 1. The average Bonchev–Trinajstić information content (AvgIpc) is 2.52. The van der Waals surface area contributed by atoms with Crippen molar-refractivity contribution < 1.29 is 14.0 Å². The van der Waals surface area contributed by atoms with E-state index < -0.39 is 17.6 Å². The number of rotatable bonds is 4. The van der Waals surface area contributed by atoms with Crippen molar-refractivity contribution in [3.05, 3.63) is 59.1 Å². The van der Waals surface area contributed by atoms with E-state index in [1.807, 2.05) is 12.1 Å². The Bertz CT molecular complexity index is 680. The summed E-state index contributed by atoms with van der Waals surface area (Å²) in [4.78, 5) is 27.4. The molecule has 1 aromatic heterocycles. The number of halogens is 2. The molecule has 0 aliphatic carbocycles. The Kier molecular flexibility index (Phi) is 5.43. The SMILES string of the molecule is O=C(NCCc1ccccn1)C(=O)Nc1ccc(F)c(Cl)c1. The van der Waals surface area contributed by atoms with Gasteiger partial charge in [0.25, 0.3) is 0 Å². The molecular weight excluding hydrogens is 309 g/mol. The van der Waals surface area contributed by atoms with Crippen LogP contribution in [0.2, 0.25) is 5.02 Å². The number of amides is 2. The highest BCUT2D eigenvalue weighted by atomic mass is 35.5. The summed E-state index contributed by atoms with van der Waals surface area (Å²) in [5.74, 6) is -2.22. The van der Waals surface area contributed by atoms with Crippen molar-refractivity contribution in [2.24, 2.45) is 0 Å². The number of carbonyl (C=O) groups excluding carboxylic acids is 2. The summed E-state index contributed by atoms with van der Waals surface area (Å²) in [6.45, 7) is 0.285. The lowest BCUT2D eigenvalue weighted by Gasteiger charge is -2.07. The van der Waals surface area contributed by atoms with Gasteiger partial charge in [-0.15, -0.1) is 0 Å². The molecule has 0 atom stereocenters. The van der Waals surface area contributed by atoms with Gasteiger partial charge in [-0.05, 0) is 30.3 Å². The molecule has 0 saturated carbocycles. The lowest BCUT2D eigenvalue weighted by Crippen LogP contribution is -2.36. The van der Waals surface area contributed by atoms with Gasteiger partial charge < -0.3 is 10.6 Å². The van der Waals surface area contributed by atoms with Crippen molar-refractivity contribution in [1.82, 2.24) is 10.3 Å². The molecule has 2 N–H and O–H groups in total. The van der Waals surface area contributed by atoms with Crippen molar-refractivity contribution in [2.75, 3.05) is 11.9 Å². The third kappa shape index (κ3) is 4.53. The Morgan fingerprint density at radius 3 is 2.68 bits per heavy atom. The summed E-state index contributed by atoms with van der Waals surface area (Å²) in [6, 6.07) is 9.12. The molecule has 0 aliphatic heterocycles. The number of carbonyl (C=O) groups is 2. The van der Waals surface area contributed by atoms with Gasteiger partial charge >= 0.3 is 11.8 Å². The summed E-state index contributed by atoms with van der Waals surface area (Å²) in [7, 11) is 0. The molecule has 2 aromatic rings. The second kappa shape index (κ2) is 7.51. The van der Waals surface area contributed by atoms with E-state index in [-0.39, 0.29) is 17.3 Å². The highest BCUT2D eigenvalue weighted by Crippen LogP contribution is 2.19. The van der Waals surface area contributed by atoms with Gasteiger partial charge in [0, 0.05) is 30.5 Å². The Labute approximate surface area is 131 Å². The smallest absolute Gasteiger partial charge is 0.313 e. The first-order valence-corrected chi connectivity index (χ1v) is 6.88. The molecule has 1 heterocycles. The molecule has 5 nitrogen and oxygen atoms in total. The number of hydrogen-bond donors (Lipinski definition) is 2. The molecule has 0 fully saturated rings. The highest BCUT2D eigenvalue weighted by molar-refractivity contribution is 6.39. The van der Waals surface area contributed by atoms with Crippen LogP contribution in [-0.4, -0.2) is 23.3 Å². The van der Waals surface area contributed by atoms with E-state index in [1.54, 1.807) is 12.3 Å². The third-order valence-electron chi connectivity index (χ3n) is 2.78. The minimum atomic E-state index is -0.844. The molecule has 0 unspecified atom stereocenters. The Balaban J connectivity index is 1.82. The van der Waals surface area contributed by atoms with E-state index in [9.17, 15) is 14.0 Å². The largest absolute Gasteiger partial charge is 0.347 e. The summed E-state index contributed by atoms with van der Waals surface area (Å²) in [6.07, 6.45) is 2.17. The molecule has 0 aliphatic rings. The molecule has 2 amide bonds. The zero-order valence-electron chi connectivity index (χ0n) is 11.5. The lowest BCUT2D eigenvalue weighted by atomic mass is 10.2. The van der Waals surface area contributed by atoms with Crippen molar-refractivity contribution in [2.45, 2.75) is 6.42 Å². The number of aromatic nitrogens is 1. The first kappa shape index (κ1) is 15.9. The maximum Gasteiger partial charge on any atom is 0.313 e. The maximum absolute atomic E-state index is 13.0. The van der Waals surface area contributed by atoms with Crippen LogP contribution >= 0.6 is 11.6 Å². The van der Waals surface area contributed by atoms with E-state index in [4.69, 9.17) is 11.6 Å². The van der Waals surface area contributed by atoms with Crippen LogP contribution in [0.1, 0.15) is 5.69 Å². The summed E-state index contributed by atoms with van der Waals surface area (Å²) >= 11 is 5.59. The predicted octanol–water partition coefficient (Wildman–Crippen LogP) is 2.17. The van der Waals surface area contributed by atoms with Gasteiger partial charge in [0.1, 0.15) is 5.82 Å². The van der Waals surface area contributed by atoms with Crippen molar-refractivity contribution in [3.63, 3.8) is 0 Å². The zero-order chi connectivity index (χ0) is 15.9. The van der Waals surface area contributed by atoms with Gasteiger partial charge in [-0.25, -0.2) is 4.39 Å². The lowest BCUT2D eigenvalue weighted by molar-refractivity contribution is -0.136. The fraction of sp³-hybridized carbons (Fsp3) is 0.133. The standard InChI is InChI=1S/C15H13ClFN3O2/c16-12-9-11(4-5-13(12)17)20-15(22)14(21)19-8-6-10-3-1-2-7-18-10/h1-5,7,9H,6,8H2,(H,19,21)(H,20,22). The number of nitrogens with zero attached hydrogens (tertiary/aromatic N) is 1. The van der Waals surface area contributed by atoms with Crippen molar-refractivity contribution in [1.29, 1.82) is 0 Å². The minimum absolute atomic E-state index is 0.131. The van der Waals surface area contributed by atoms with Crippen LogP contribution in [0, 0.1) is 5.82 Å². The molecule has 0 bridgehead atoms. The molecule has 114 valence electrons. The fourth-order valence-electron chi connectivity index (χ4n) is 1.69. The normalized spacial score (nSPS) is 10.1. The molecule has 2 rings (SSSR count). The summed E-state index contributed by atoms with van der Waals surface area (Å²) in [5, 5.41) is 4.69. The predicted molar refractivity (Wildman–Crippen MR) is 81.0 cm³/mol. The second-order valence-corrected chi connectivity index (χ2v) is 4.82. The van der Waals surface area contributed by atoms with E-state index in [0.29, 0.717) is 6.42 Å². The van der Waals surface area contributed by atoms with Crippen LogP contribution in [0.5, 0.6) is 0 Å². The number of hydrogen-bond acceptors (Lipinski definition) is 3. The van der Waals surface area contributed by atoms with Crippen LogP contribution < -0.4 is 10.6 Å². The molecular formula is C15H13ClFN3O2. The fourth-order valence-corrected chi connectivity index (χ4v) is 1.87. The molecule has 0 radical (unpaired) electrons. The Morgan fingerprint density at radius 2 is 2.00 bits per heavy atom. The van der Waals surface area contributed by atoms with Gasteiger partial charge in [-0.1, -0.05) is 17.7 Å². The van der Waals surface area contributed by atoms with Crippen LogP contribution in [0.15, 0.2) is 42.6 Å². The zero-order valence-corrected chi connectivity index (χ0v) is 12.2. The molecule has 1 aromatic carbocycles. The molecule has 0 saturated heterocycles. The van der Waals surface area contributed by atoms with Crippen LogP contribution in [-0.2, 0) is 16.0 Å². The molecule has 22 heavy (non-hydrogen) atoms. The first-order chi connectivity index (χ1) is 10.6. The van der Waals surface area contributed by atoms with E-state index in [0.717, 1.165) is 11.8 Å². The van der Waals surface area contributed by atoms with E-state index in [1.165, 1.54) is 12.1 Å². The number of pyridine rings is 1. The highest BCUT2D eigenvalue weighted by Gasteiger charge is 2.13. The van der Waals surface area contributed by atoms with Gasteiger partial charge in [-0.2, -0.15) is 0 Å². The van der Waals surface area contributed by atoms with Crippen LogP contribution in [0.4, 0.5) is 10.1 Å². The van der Waals surface area contributed by atoms with Crippen molar-refractivity contribution in [3.8, 4) is 0 Å². The summed E-state index contributed by atoms with van der Waals surface area (Å²) < 4.78 is 13.0. The van der Waals surface area contributed by atoms with Gasteiger partial charge in [0.2, 0.25) is 0 Å². The Morgan fingerprint density at radius 1 is 1.18 bits per heavy atom. The minimum Gasteiger partial charge on any atom is -0.347 e. The first-order valence-electron chi connectivity index (χ1n) is 6.50. The quantitative estimate of drug-likeness (QED) is 0.848. The van der Waals surface area contributed by atoms with Crippen LogP contribution in [0.25, 0.3) is 0 Å². The number of nitrogens with one attached hydrogen (secondary N) is 2. The third-order valence-corrected chi connectivity index (χ3v) is 3.07. The van der Waals surface area contributed by atoms with Crippen molar-refractivity contribution >= 4 is 29.1 Å². The maximum atomic E-state index is 13.0. The van der Waals surface area contributed by atoms with Gasteiger partial charge in [0.15, 0.2) is 0 Å². The average molecular weight is 322 g/mol. The van der Waals surface area contributed by atoms with E-state index in [2.05, 4.69) is 15.6 Å². The molecule has 7 heteroatoms. The van der Waals surface area contributed by atoms with Crippen LogP contribution in [0.3, 0.4) is 0 Å². The van der Waals surface area contributed by atoms with E-state index >= 15 is 0 Å². The summed E-state index contributed by atoms with van der Waals surface area (Å²) in [5.41, 5.74) is 1.06. The van der Waals surface area contributed by atoms with Gasteiger partial charge in [0.05, 0.1) is 5.02 Å².